The summed E-state index contributed by atoms with van der Waals surface area (Å²) in [5.74, 6) is 3.04. The Balaban J connectivity index is 1.25. The number of benzene rings is 8. The highest BCUT2D eigenvalue weighted by atomic mass is 15.0. The van der Waals surface area contributed by atoms with Crippen molar-refractivity contribution in [3.05, 3.63) is 163 Å². The summed E-state index contributed by atoms with van der Waals surface area (Å²) in [6.45, 7) is 6.70. The van der Waals surface area contributed by atoms with E-state index in [4.69, 9.17) is 6.42 Å². The van der Waals surface area contributed by atoms with Crippen LogP contribution in [0, 0.1) is 12.3 Å². The van der Waals surface area contributed by atoms with Crippen molar-refractivity contribution in [2.24, 2.45) is 0 Å². The van der Waals surface area contributed by atoms with E-state index in [9.17, 15) is 0 Å². The van der Waals surface area contributed by atoms with Crippen LogP contribution in [-0.4, -0.2) is 4.57 Å². The van der Waals surface area contributed by atoms with Crippen molar-refractivity contribution in [3.63, 3.8) is 0 Å². The third kappa shape index (κ3) is 4.11. The van der Waals surface area contributed by atoms with Crippen molar-refractivity contribution in [1.29, 1.82) is 0 Å². The largest absolute Gasteiger partial charge is 0.302 e. The molecule has 0 unspecified atom stereocenters. The summed E-state index contributed by atoms with van der Waals surface area (Å²) in [5, 5.41) is 10.1. The highest BCUT2D eigenvalue weighted by molar-refractivity contribution is 6.28. The van der Waals surface area contributed by atoms with Crippen molar-refractivity contribution in [1.82, 2.24) is 4.57 Å². The third-order valence-electron chi connectivity index (χ3n) is 11.4. The van der Waals surface area contributed by atoms with Crippen molar-refractivity contribution in [2.45, 2.75) is 26.2 Å². The van der Waals surface area contributed by atoms with Gasteiger partial charge in [0.15, 0.2) is 0 Å². The number of terminal acetylenes is 1. The van der Waals surface area contributed by atoms with Crippen LogP contribution >= 0.6 is 0 Å². The molecular formula is C50H35N. The second kappa shape index (κ2) is 10.8. The summed E-state index contributed by atoms with van der Waals surface area (Å²) in [4.78, 5) is 0. The minimum Gasteiger partial charge on any atom is -0.302 e. The van der Waals surface area contributed by atoms with Gasteiger partial charge in [-0.05, 0) is 108 Å². The van der Waals surface area contributed by atoms with E-state index in [1.807, 2.05) is 19.1 Å². The summed E-state index contributed by atoms with van der Waals surface area (Å²) in [5.41, 5.74) is 13.2. The van der Waals surface area contributed by atoms with Crippen LogP contribution in [0.25, 0.3) is 93.2 Å². The lowest BCUT2D eigenvalue weighted by atomic mass is 9.82. The van der Waals surface area contributed by atoms with Crippen LogP contribution in [0.5, 0.6) is 0 Å². The van der Waals surface area contributed by atoms with Crippen LogP contribution in [0.1, 0.15) is 31.9 Å². The summed E-state index contributed by atoms with van der Waals surface area (Å²) in [6, 6.07) is 49.6. The van der Waals surface area contributed by atoms with Gasteiger partial charge in [-0.3, -0.25) is 0 Å². The van der Waals surface area contributed by atoms with E-state index < -0.39 is 0 Å². The highest BCUT2D eigenvalue weighted by Crippen LogP contribution is 2.51. The quantitative estimate of drug-likeness (QED) is 0.102. The fraction of sp³-hybridized carbons (Fsp3) is 0.0800. The molecule has 0 saturated carbocycles. The first-order chi connectivity index (χ1) is 25.0. The molecule has 8 aromatic carbocycles. The maximum Gasteiger partial charge on any atom is 0.0967 e. The molecule has 0 saturated heterocycles. The number of nitrogens with zero attached hydrogens (tertiary/aromatic N) is 1. The lowest BCUT2D eigenvalue weighted by molar-refractivity contribution is 0.661. The second-order valence-electron chi connectivity index (χ2n) is 14.4. The lowest BCUT2D eigenvalue weighted by Gasteiger charge is -2.21. The number of allylic oxidation sites excluding steroid dienone is 4. The van der Waals surface area contributed by atoms with Crippen LogP contribution in [0.2, 0.25) is 0 Å². The minimum absolute atomic E-state index is 0.113. The topological polar surface area (TPSA) is 4.93 Å². The van der Waals surface area contributed by atoms with E-state index in [1.165, 1.54) is 87.6 Å². The number of rotatable bonds is 4. The van der Waals surface area contributed by atoms with Gasteiger partial charge >= 0.3 is 0 Å². The molecule has 1 heteroatoms. The Labute approximate surface area is 298 Å². The third-order valence-corrected chi connectivity index (χ3v) is 11.4. The van der Waals surface area contributed by atoms with E-state index >= 15 is 0 Å². The molecule has 0 radical (unpaired) electrons. The maximum atomic E-state index is 6.31. The van der Waals surface area contributed by atoms with Crippen molar-refractivity contribution >= 4 is 59.8 Å². The van der Waals surface area contributed by atoms with Crippen LogP contribution in [0.3, 0.4) is 0 Å². The molecule has 0 aliphatic heterocycles. The van der Waals surface area contributed by atoms with Crippen LogP contribution in [-0.2, 0) is 5.41 Å². The summed E-state index contributed by atoms with van der Waals surface area (Å²) in [6.07, 6.45) is 12.4. The van der Waals surface area contributed by atoms with Crippen LogP contribution < -0.4 is 0 Å². The van der Waals surface area contributed by atoms with Gasteiger partial charge in [-0.1, -0.05) is 147 Å². The number of fused-ring (bicyclic) bond motifs is 6. The standard InChI is InChI=1S/C50H35N/c1-5-7-15-35(6-2)51-46-28-34(22-25-39(46)43-29-42-38-16-11-12-17-44(38)50(3,4)45(42)30-47(43)51)37-24-19-33-20-26-40-36(31-13-9-8-10-14-31)23-18-32-21-27-41(37)49(33)48(32)40/h2,5,7-30H,1,3-4H3/b7-5-,35-15+. The SMILES string of the molecule is C#C/C(=C\C=C/C)n1c2cc(-c3ccc4ccc5c(-c6ccccc6)ccc6ccc3c4c65)ccc2c2cc3c(cc21)C(C)(C)c1ccccc1-3. The Bertz CT molecular complexity index is 2990. The molecule has 51 heavy (non-hydrogen) atoms. The lowest BCUT2D eigenvalue weighted by Crippen LogP contribution is -2.15. The summed E-state index contributed by atoms with van der Waals surface area (Å²) < 4.78 is 2.30. The van der Waals surface area contributed by atoms with Gasteiger partial charge in [0.05, 0.1) is 16.7 Å². The molecule has 9 aromatic rings. The molecular weight excluding hydrogens is 615 g/mol. The van der Waals surface area contributed by atoms with E-state index in [0.29, 0.717) is 0 Å². The molecule has 0 bridgehead atoms. The van der Waals surface area contributed by atoms with Crippen molar-refractivity contribution in [3.8, 4) is 45.7 Å². The zero-order chi connectivity index (χ0) is 34.4. The van der Waals surface area contributed by atoms with E-state index in [2.05, 4.69) is 164 Å². The smallest absolute Gasteiger partial charge is 0.0967 e. The zero-order valence-electron chi connectivity index (χ0n) is 29.0. The first-order valence-corrected chi connectivity index (χ1v) is 17.8. The molecule has 1 aromatic heterocycles. The minimum atomic E-state index is -0.113. The Kier molecular flexibility index (Phi) is 6.27. The van der Waals surface area contributed by atoms with Gasteiger partial charge in [0.25, 0.3) is 0 Å². The monoisotopic (exact) mass is 649 g/mol. The molecule has 1 heterocycles. The van der Waals surface area contributed by atoms with E-state index in [-0.39, 0.29) is 5.41 Å². The molecule has 0 N–H and O–H groups in total. The normalized spacial score (nSPS) is 14.0. The Morgan fingerprint density at radius 2 is 1.20 bits per heavy atom. The maximum absolute atomic E-state index is 6.31. The molecule has 0 atom stereocenters. The van der Waals surface area contributed by atoms with Gasteiger partial charge in [0.1, 0.15) is 0 Å². The first kappa shape index (κ1) is 29.5. The average Bonchev–Trinajstić information content (AvgIpc) is 3.60. The van der Waals surface area contributed by atoms with Gasteiger partial charge in [0, 0.05) is 16.2 Å². The molecule has 240 valence electrons. The molecule has 0 amide bonds. The molecule has 10 rings (SSSR count). The van der Waals surface area contributed by atoms with Crippen LogP contribution in [0.15, 0.2) is 152 Å². The fourth-order valence-corrected chi connectivity index (χ4v) is 8.93. The van der Waals surface area contributed by atoms with Gasteiger partial charge < -0.3 is 4.57 Å². The molecule has 1 nitrogen and oxygen atoms in total. The molecule has 0 spiro atoms. The van der Waals surface area contributed by atoms with Gasteiger partial charge in [0.2, 0.25) is 0 Å². The van der Waals surface area contributed by atoms with Gasteiger partial charge in [-0.2, -0.15) is 0 Å². The predicted molar refractivity (Wildman–Crippen MR) is 220 cm³/mol. The van der Waals surface area contributed by atoms with E-state index in [1.54, 1.807) is 0 Å². The molecule has 0 fully saturated rings. The summed E-state index contributed by atoms with van der Waals surface area (Å²) >= 11 is 0. The zero-order valence-corrected chi connectivity index (χ0v) is 29.0. The second-order valence-corrected chi connectivity index (χ2v) is 14.4. The average molecular weight is 650 g/mol. The van der Waals surface area contributed by atoms with Crippen molar-refractivity contribution < 1.29 is 0 Å². The Morgan fingerprint density at radius 3 is 1.90 bits per heavy atom. The highest BCUT2D eigenvalue weighted by Gasteiger charge is 2.36. The van der Waals surface area contributed by atoms with Crippen LogP contribution in [0.4, 0.5) is 0 Å². The summed E-state index contributed by atoms with van der Waals surface area (Å²) in [7, 11) is 0. The number of hydrogen-bond donors (Lipinski definition) is 0. The fourth-order valence-electron chi connectivity index (χ4n) is 8.93. The van der Waals surface area contributed by atoms with Gasteiger partial charge in [-0.25, -0.2) is 0 Å². The Hall–Kier alpha value is -6.36. The van der Waals surface area contributed by atoms with Crippen molar-refractivity contribution in [2.75, 3.05) is 0 Å². The first-order valence-electron chi connectivity index (χ1n) is 17.8. The predicted octanol–water partition coefficient (Wildman–Crippen LogP) is 13.4. The van der Waals surface area contributed by atoms with E-state index in [0.717, 1.165) is 16.7 Å². The number of hydrogen-bond acceptors (Lipinski definition) is 0. The molecule has 1 aliphatic carbocycles. The number of aromatic nitrogens is 1. The van der Waals surface area contributed by atoms with Gasteiger partial charge in [-0.15, -0.1) is 6.42 Å². The molecule has 1 aliphatic rings. The Morgan fingerprint density at radius 1 is 0.569 bits per heavy atom.